The summed E-state index contributed by atoms with van der Waals surface area (Å²) in [6, 6.07) is 8.76. The Morgan fingerprint density at radius 2 is 1.59 bits per heavy atom. The Morgan fingerprint density at radius 1 is 0.926 bits per heavy atom. The number of carbonyl (C=O) groups is 2. The third-order valence-corrected chi connectivity index (χ3v) is 5.86. The molecule has 0 saturated heterocycles. The maximum Gasteiger partial charge on any atom is 0.288 e. The van der Waals surface area contributed by atoms with Gasteiger partial charge in [0.25, 0.3) is 21.9 Å². The van der Waals surface area contributed by atoms with Crippen molar-refractivity contribution in [2.75, 3.05) is 5.75 Å². The molecule has 1 heterocycles. The van der Waals surface area contributed by atoms with Crippen LogP contribution in [0.25, 0.3) is 10.8 Å². The molecular weight excluding hydrogens is 366 g/mol. The molecule has 144 valence electrons. The molecule has 2 amide bonds. The molecule has 3 rings (SSSR count). The molecule has 0 atom stereocenters. The molecule has 1 aliphatic heterocycles. The Labute approximate surface area is 159 Å². The van der Waals surface area contributed by atoms with Gasteiger partial charge in [0.05, 0.1) is 16.9 Å². The van der Waals surface area contributed by atoms with Crippen LogP contribution < -0.4 is 0 Å². The van der Waals surface area contributed by atoms with E-state index in [9.17, 15) is 18.0 Å². The average Bonchev–Trinajstić information content (AvgIpc) is 2.66. The number of rotatable bonds is 8. The average molecular weight is 389 g/mol. The number of amides is 2. The van der Waals surface area contributed by atoms with Crippen molar-refractivity contribution in [2.24, 2.45) is 0 Å². The Morgan fingerprint density at radius 3 is 2.26 bits per heavy atom. The van der Waals surface area contributed by atoms with Crippen molar-refractivity contribution >= 4 is 32.7 Å². The van der Waals surface area contributed by atoms with Gasteiger partial charge < -0.3 is 0 Å². The number of aryl methyl sites for hydroxylation is 1. The van der Waals surface area contributed by atoms with Gasteiger partial charge >= 0.3 is 0 Å². The number of hydroxylamine groups is 2. The van der Waals surface area contributed by atoms with E-state index in [0.29, 0.717) is 23.3 Å². The molecule has 0 radical (unpaired) electrons. The normalized spacial score (nSPS) is 14.2. The second kappa shape index (κ2) is 7.78. The SMILES string of the molecule is CCCCc1ccc2c3c(cccc13)C(=O)N(OS(=O)(=O)CCCC)C2=O. The zero-order valence-corrected chi connectivity index (χ0v) is 16.3. The van der Waals surface area contributed by atoms with E-state index < -0.39 is 21.9 Å². The fourth-order valence-electron chi connectivity index (χ4n) is 3.26. The van der Waals surface area contributed by atoms with Gasteiger partial charge in [-0.15, -0.1) is 9.35 Å². The third-order valence-electron chi connectivity index (χ3n) is 4.70. The number of benzene rings is 2. The summed E-state index contributed by atoms with van der Waals surface area (Å²) in [7, 11) is -4.02. The minimum atomic E-state index is -4.02. The number of carbonyl (C=O) groups excluding carboxylic acids is 2. The first-order valence-electron chi connectivity index (χ1n) is 9.25. The van der Waals surface area contributed by atoms with Crippen LogP contribution in [0.2, 0.25) is 0 Å². The van der Waals surface area contributed by atoms with Gasteiger partial charge in [-0.05, 0) is 42.3 Å². The summed E-state index contributed by atoms with van der Waals surface area (Å²) < 4.78 is 29.1. The van der Waals surface area contributed by atoms with E-state index in [0.717, 1.165) is 30.2 Å². The van der Waals surface area contributed by atoms with Crippen molar-refractivity contribution in [3.05, 3.63) is 47.0 Å². The lowest BCUT2D eigenvalue weighted by atomic mass is 9.90. The molecule has 0 aliphatic carbocycles. The van der Waals surface area contributed by atoms with Crippen LogP contribution >= 0.6 is 0 Å². The minimum absolute atomic E-state index is 0.242. The van der Waals surface area contributed by atoms with Gasteiger partial charge in [-0.2, -0.15) is 8.42 Å². The molecule has 0 bridgehead atoms. The van der Waals surface area contributed by atoms with Crippen LogP contribution in [0.4, 0.5) is 0 Å². The van der Waals surface area contributed by atoms with Crippen molar-refractivity contribution in [3.8, 4) is 0 Å². The predicted molar refractivity (Wildman–Crippen MR) is 103 cm³/mol. The van der Waals surface area contributed by atoms with Gasteiger partial charge in [0, 0.05) is 5.39 Å². The van der Waals surface area contributed by atoms with Crippen molar-refractivity contribution < 1.29 is 22.3 Å². The largest absolute Gasteiger partial charge is 0.288 e. The highest BCUT2D eigenvalue weighted by Crippen LogP contribution is 2.33. The van der Waals surface area contributed by atoms with Gasteiger partial charge in [0.1, 0.15) is 0 Å². The van der Waals surface area contributed by atoms with Crippen molar-refractivity contribution in [2.45, 2.75) is 46.0 Å². The first kappa shape index (κ1) is 19.5. The summed E-state index contributed by atoms with van der Waals surface area (Å²) in [6.45, 7) is 3.95. The molecule has 0 unspecified atom stereocenters. The van der Waals surface area contributed by atoms with E-state index in [1.807, 2.05) is 19.1 Å². The number of nitrogens with zero attached hydrogens (tertiary/aromatic N) is 1. The summed E-state index contributed by atoms with van der Waals surface area (Å²) in [5.41, 5.74) is 1.64. The molecule has 0 N–H and O–H groups in total. The molecule has 0 aromatic heterocycles. The lowest BCUT2D eigenvalue weighted by molar-refractivity contribution is -0.0155. The Hall–Kier alpha value is -2.25. The zero-order valence-electron chi connectivity index (χ0n) is 15.5. The summed E-state index contributed by atoms with van der Waals surface area (Å²) in [4.78, 5) is 25.6. The van der Waals surface area contributed by atoms with Crippen LogP contribution in [-0.2, 0) is 20.8 Å². The van der Waals surface area contributed by atoms with E-state index in [2.05, 4.69) is 6.92 Å². The quantitative estimate of drug-likeness (QED) is 0.641. The molecule has 2 aromatic carbocycles. The molecule has 27 heavy (non-hydrogen) atoms. The molecule has 7 heteroatoms. The fourth-order valence-corrected chi connectivity index (χ4v) is 4.34. The maximum absolute atomic E-state index is 12.8. The first-order valence-corrected chi connectivity index (χ1v) is 10.8. The van der Waals surface area contributed by atoms with E-state index >= 15 is 0 Å². The summed E-state index contributed by atoms with van der Waals surface area (Å²) in [5.74, 6) is -1.73. The van der Waals surface area contributed by atoms with Crippen LogP contribution in [0, 0.1) is 0 Å². The van der Waals surface area contributed by atoms with Gasteiger partial charge in [0.15, 0.2) is 0 Å². The Bertz CT molecular complexity index is 975. The van der Waals surface area contributed by atoms with Gasteiger partial charge in [-0.3, -0.25) is 9.59 Å². The lowest BCUT2D eigenvalue weighted by Crippen LogP contribution is -2.42. The summed E-state index contributed by atoms with van der Waals surface area (Å²) in [5, 5.41) is 1.81. The first-order chi connectivity index (χ1) is 12.9. The molecule has 1 aliphatic rings. The van der Waals surface area contributed by atoms with Crippen LogP contribution in [0.1, 0.15) is 65.8 Å². The molecular formula is C20H23NO5S. The van der Waals surface area contributed by atoms with Crippen molar-refractivity contribution in [1.82, 2.24) is 5.06 Å². The van der Waals surface area contributed by atoms with Gasteiger partial charge in [-0.25, -0.2) is 0 Å². The van der Waals surface area contributed by atoms with Crippen molar-refractivity contribution in [3.63, 3.8) is 0 Å². The van der Waals surface area contributed by atoms with Crippen LogP contribution in [0.3, 0.4) is 0 Å². The smallest absolute Gasteiger partial charge is 0.266 e. The number of hydrogen-bond acceptors (Lipinski definition) is 5. The highest BCUT2D eigenvalue weighted by molar-refractivity contribution is 7.86. The van der Waals surface area contributed by atoms with Gasteiger partial charge in [0.2, 0.25) is 0 Å². The molecule has 0 saturated carbocycles. The summed E-state index contributed by atoms with van der Waals surface area (Å²) in [6.07, 6.45) is 3.95. The van der Waals surface area contributed by atoms with Crippen molar-refractivity contribution in [1.29, 1.82) is 0 Å². The number of imide groups is 1. The molecule has 0 fully saturated rings. The topological polar surface area (TPSA) is 80.8 Å². The van der Waals surface area contributed by atoms with E-state index in [1.54, 1.807) is 18.2 Å². The standard InChI is InChI=1S/C20H23NO5S/c1-3-5-8-14-11-12-17-18-15(14)9-7-10-16(18)19(22)21(20(17)23)26-27(24,25)13-6-4-2/h7,9-12H,3-6,8,13H2,1-2H3. The van der Waals surface area contributed by atoms with E-state index in [1.165, 1.54) is 0 Å². The second-order valence-electron chi connectivity index (χ2n) is 6.70. The highest BCUT2D eigenvalue weighted by atomic mass is 32.2. The van der Waals surface area contributed by atoms with E-state index in [4.69, 9.17) is 4.28 Å². The Balaban J connectivity index is 2.04. The summed E-state index contributed by atoms with van der Waals surface area (Å²) >= 11 is 0. The predicted octanol–water partition coefficient (Wildman–Crippen LogP) is 3.84. The van der Waals surface area contributed by atoms with E-state index in [-0.39, 0.29) is 16.9 Å². The van der Waals surface area contributed by atoms with Crippen LogP contribution in [0.15, 0.2) is 30.3 Å². The number of unbranched alkanes of at least 4 members (excludes halogenated alkanes) is 2. The lowest BCUT2D eigenvalue weighted by Gasteiger charge is -2.26. The van der Waals surface area contributed by atoms with Crippen LogP contribution in [0.5, 0.6) is 0 Å². The monoisotopic (exact) mass is 389 g/mol. The molecule has 2 aromatic rings. The maximum atomic E-state index is 12.8. The van der Waals surface area contributed by atoms with Crippen LogP contribution in [-0.4, -0.2) is 31.0 Å². The molecule has 6 nitrogen and oxygen atoms in total. The minimum Gasteiger partial charge on any atom is -0.266 e. The number of hydrogen-bond donors (Lipinski definition) is 0. The van der Waals surface area contributed by atoms with Gasteiger partial charge in [-0.1, -0.05) is 44.9 Å². The molecule has 0 spiro atoms. The highest BCUT2D eigenvalue weighted by Gasteiger charge is 2.37. The third kappa shape index (κ3) is 3.75. The fraction of sp³-hybridized carbons (Fsp3) is 0.400. The Kier molecular flexibility index (Phi) is 5.62. The zero-order chi connectivity index (χ0) is 19.6. The second-order valence-corrected chi connectivity index (χ2v) is 8.37.